The highest BCUT2D eigenvalue weighted by atomic mass is 32.1. The highest BCUT2D eigenvalue weighted by Gasteiger charge is 2.27. The molecule has 0 radical (unpaired) electrons. The van der Waals surface area contributed by atoms with Gasteiger partial charge in [-0.3, -0.25) is 14.4 Å². The summed E-state index contributed by atoms with van der Waals surface area (Å²) in [5.41, 5.74) is 0.689. The normalized spacial score (nSPS) is 17.7. The molecule has 1 aliphatic heterocycles. The summed E-state index contributed by atoms with van der Waals surface area (Å²) in [5, 5.41) is 5.63. The maximum absolute atomic E-state index is 12.3. The number of likely N-dealkylation sites (N-methyl/N-ethyl adjacent to an activating group) is 1. The van der Waals surface area contributed by atoms with E-state index < -0.39 is 0 Å². The molecule has 3 rings (SSSR count). The van der Waals surface area contributed by atoms with Gasteiger partial charge in [-0.15, -0.1) is 11.3 Å². The molecule has 0 saturated carbocycles. The molecular weight excluding hydrogens is 312 g/mol. The average molecular weight is 330 g/mol. The molecule has 1 aromatic carbocycles. The lowest BCUT2D eigenvalue weighted by Crippen LogP contribution is -2.36. The summed E-state index contributed by atoms with van der Waals surface area (Å²) in [6.07, 6.45) is 0.672. The maximum atomic E-state index is 12.3. The molecular formula is C17H18N2O3S. The predicted octanol–water partition coefficient (Wildman–Crippen LogP) is 2.21. The fourth-order valence-corrected chi connectivity index (χ4v) is 3.78. The first kappa shape index (κ1) is 15.7. The molecule has 1 atom stereocenters. The Balaban J connectivity index is 1.55. The van der Waals surface area contributed by atoms with Gasteiger partial charge < -0.3 is 10.2 Å². The number of benzene rings is 1. The van der Waals surface area contributed by atoms with E-state index in [1.165, 1.54) is 11.3 Å². The second kappa shape index (κ2) is 6.50. The van der Waals surface area contributed by atoms with Gasteiger partial charge in [0.1, 0.15) is 0 Å². The number of nitrogens with one attached hydrogen (secondary N) is 1. The van der Waals surface area contributed by atoms with E-state index in [0.29, 0.717) is 18.5 Å². The summed E-state index contributed by atoms with van der Waals surface area (Å²) in [6, 6.07) is 7.63. The first-order chi connectivity index (χ1) is 11.0. The molecule has 0 spiro atoms. The Morgan fingerprint density at radius 3 is 2.83 bits per heavy atom. The molecule has 0 aliphatic carbocycles. The van der Waals surface area contributed by atoms with Crippen LogP contribution in [0.25, 0.3) is 10.1 Å². The second-order valence-electron chi connectivity index (χ2n) is 5.81. The van der Waals surface area contributed by atoms with Gasteiger partial charge in [-0.2, -0.15) is 0 Å². The van der Waals surface area contributed by atoms with Crippen LogP contribution >= 0.6 is 11.3 Å². The first-order valence-electron chi connectivity index (χ1n) is 7.57. The van der Waals surface area contributed by atoms with Crippen molar-refractivity contribution in [3.8, 4) is 0 Å². The number of hydrogen-bond acceptors (Lipinski definition) is 4. The van der Waals surface area contributed by atoms with Crippen LogP contribution in [0.3, 0.4) is 0 Å². The molecule has 0 bridgehead atoms. The van der Waals surface area contributed by atoms with E-state index in [-0.39, 0.29) is 36.5 Å². The number of thiophene rings is 1. The molecule has 6 heteroatoms. The summed E-state index contributed by atoms with van der Waals surface area (Å²) >= 11 is 1.54. The van der Waals surface area contributed by atoms with E-state index in [9.17, 15) is 14.4 Å². The average Bonchev–Trinajstić information content (AvgIpc) is 3.09. The summed E-state index contributed by atoms with van der Waals surface area (Å²) in [5.74, 6) is -0.153. The van der Waals surface area contributed by atoms with Gasteiger partial charge >= 0.3 is 0 Å². The third-order valence-electron chi connectivity index (χ3n) is 4.07. The summed E-state index contributed by atoms with van der Waals surface area (Å²) in [7, 11) is 1.72. The molecule has 120 valence electrons. The van der Waals surface area contributed by atoms with Gasteiger partial charge in [-0.1, -0.05) is 18.2 Å². The number of amides is 2. The van der Waals surface area contributed by atoms with Crippen molar-refractivity contribution < 1.29 is 14.4 Å². The zero-order valence-electron chi connectivity index (χ0n) is 12.9. The van der Waals surface area contributed by atoms with E-state index in [0.717, 1.165) is 10.1 Å². The number of fused-ring (bicyclic) bond motifs is 1. The van der Waals surface area contributed by atoms with Gasteiger partial charge in [0, 0.05) is 53.9 Å². The summed E-state index contributed by atoms with van der Waals surface area (Å²) in [4.78, 5) is 37.3. The van der Waals surface area contributed by atoms with Crippen molar-refractivity contribution in [3.05, 3.63) is 35.2 Å². The predicted molar refractivity (Wildman–Crippen MR) is 89.6 cm³/mol. The Labute approximate surface area is 138 Å². The van der Waals surface area contributed by atoms with Crippen molar-refractivity contribution in [1.29, 1.82) is 0 Å². The Morgan fingerprint density at radius 1 is 1.30 bits per heavy atom. The Hall–Kier alpha value is -2.21. The van der Waals surface area contributed by atoms with Gasteiger partial charge in [0.15, 0.2) is 5.78 Å². The standard InChI is InChI=1S/C17H18N2O3S/c1-19-9-11(8-17(19)22)18-16(21)7-6-14(20)13-10-23-15-5-3-2-4-12(13)15/h2-5,10-11H,6-9H2,1H3,(H,18,21). The minimum Gasteiger partial charge on any atom is -0.351 e. The number of hydrogen-bond donors (Lipinski definition) is 1. The number of Topliss-reactive ketones (excluding diaryl/α,β-unsaturated/α-hetero) is 1. The Morgan fingerprint density at radius 2 is 2.09 bits per heavy atom. The zero-order valence-corrected chi connectivity index (χ0v) is 13.7. The molecule has 1 aliphatic rings. The second-order valence-corrected chi connectivity index (χ2v) is 6.72. The van der Waals surface area contributed by atoms with Crippen LogP contribution in [0.4, 0.5) is 0 Å². The smallest absolute Gasteiger partial charge is 0.224 e. The lowest BCUT2D eigenvalue weighted by atomic mass is 10.1. The Kier molecular flexibility index (Phi) is 4.43. The third-order valence-corrected chi connectivity index (χ3v) is 5.03. The molecule has 2 amide bonds. The third kappa shape index (κ3) is 3.42. The van der Waals surface area contributed by atoms with Crippen molar-refractivity contribution >= 4 is 39.0 Å². The lowest BCUT2D eigenvalue weighted by molar-refractivity contribution is -0.126. The summed E-state index contributed by atoms with van der Waals surface area (Å²) < 4.78 is 1.08. The van der Waals surface area contributed by atoms with Crippen LogP contribution in [-0.4, -0.2) is 42.1 Å². The highest BCUT2D eigenvalue weighted by molar-refractivity contribution is 7.17. The molecule has 1 fully saturated rings. The quantitative estimate of drug-likeness (QED) is 0.855. The number of carbonyl (C=O) groups is 3. The molecule has 2 aromatic rings. The molecule has 1 N–H and O–H groups in total. The van der Waals surface area contributed by atoms with Crippen LogP contribution in [0.1, 0.15) is 29.6 Å². The highest BCUT2D eigenvalue weighted by Crippen LogP contribution is 2.26. The minimum atomic E-state index is -0.175. The number of carbonyl (C=O) groups excluding carboxylic acids is 3. The van der Waals surface area contributed by atoms with Gasteiger partial charge in [0.05, 0.1) is 6.04 Å². The fraction of sp³-hybridized carbons (Fsp3) is 0.353. The largest absolute Gasteiger partial charge is 0.351 e. The number of rotatable bonds is 5. The molecule has 23 heavy (non-hydrogen) atoms. The number of ketones is 1. The van der Waals surface area contributed by atoms with Crippen molar-refractivity contribution in [2.75, 3.05) is 13.6 Å². The topological polar surface area (TPSA) is 66.5 Å². The van der Waals surface area contributed by atoms with Crippen molar-refractivity contribution in [3.63, 3.8) is 0 Å². The van der Waals surface area contributed by atoms with Crippen LogP contribution in [0.15, 0.2) is 29.6 Å². The van der Waals surface area contributed by atoms with Crippen LogP contribution in [0.2, 0.25) is 0 Å². The minimum absolute atomic E-state index is 0.0165. The van der Waals surface area contributed by atoms with Crippen LogP contribution in [0, 0.1) is 0 Å². The molecule has 2 heterocycles. The Bertz CT molecular complexity index is 768. The van der Waals surface area contributed by atoms with Gasteiger partial charge in [-0.05, 0) is 6.07 Å². The van der Waals surface area contributed by atoms with Crippen LogP contribution in [0.5, 0.6) is 0 Å². The van der Waals surface area contributed by atoms with Crippen molar-refractivity contribution in [2.45, 2.75) is 25.3 Å². The SMILES string of the molecule is CN1CC(NC(=O)CCC(=O)c2csc3ccccc23)CC1=O. The van der Waals surface area contributed by atoms with Gasteiger partial charge in [0.25, 0.3) is 0 Å². The molecule has 1 aromatic heterocycles. The van der Waals surface area contributed by atoms with E-state index in [4.69, 9.17) is 0 Å². The number of nitrogens with zero attached hydrogens (tertiary/aromatic N) is 1. The monoisotopic (exact) mass is 330 g/mol. The number of likely N-dealkylation sites (tertiary alicyclic amines) is 1. The van der Waals surface area contributed by atoms with E-state index >= 15 is 0 Å². The molecule has 1 unspecified atom stereocenters. The van der Waals surface area contributed by atoms with Gasteiger partial charge in [-0.25, -0.2) is 0 Å². The first-order valence-corrected chi connectivity index (χ1v) is 8.45. The zero-order chi connectivity index (χ0) is 16.4. The van der Waals surface area contributed by atoms with Crippen molar-refractivity contribution in [1.82, 2.24) is 10.2 Å². The van der Waals surface area contributed by atoms with E-state index in [1.54, 1.807) is 11.9 Å². The van der Waals surface area contributed by atoms with E-state index in [1.807, 2.05) is 29.6 Å². The summed E-state index contributed by atoms with van der Waals surface area (Å²) in [6.45, 7) is 0.535. The maximum Gasteiger partial charge on any atom is 0.224 e. The van der Waals surface area contributed by atoms with Crippen LogP contribution < -0.4 is 5.32 Å². The molecule has 5 nitrogen and oxygen atoms in total. The van der Waals surface area contributed by atoms with E-state index in [2.05, 4.69) is 5.32 Å². The fourth-order valence-electron chi connectivity index (χ4n) is 2.82. The molecule has 1 saturated heterocycles. The van der Waals surface area contributed by atoms with Crippen LogP contribution in [-0.2, 0) is 9.59 Å². The van der Waals surface area contributed by atoms with Crippen molar-refractivity contribution in [2.24, 2.45) is 0 Å². The lowest BCUT2D eigenvalue weighted by Gasteiger charge is -2.12. The van der Waals surface area contributed by atoms with Gasteiger partial charge in [0.2, 0.25) is 11.8 Å².